The maximum absolute atomic E-state index is 2.40. The summed E-state index contributed by atoms with van der Waals surface area (Å²) in [6, 6.07) is 18.5. The zero-order chi connectivity index (χ0) is 11.4. The molecule has 5 aliphatic rings. The summed E-state index contributed by atoms with van der Waals surface area (Å²) < 4.78 is 0. The molecule has 0 aliphatic heterocycles. The van der Waals surface area contributed by atoms with Crippen molar-refractivity contribution in [2.45, 2.75) is 23.7 Å². The molecule has 4 atom stereocenters. The maximum atomic E-state index is 2.40. The van der Waals surface area contributed by atoms with Crippen molar-refractivity contribution in [3.05, 3.63) is 70.8 Å². The van der Waals surface area contributed by atoms with Gasteiger partial charge in [0.15, 0.2) is 0 Å². The molecule has 2 saturated carbocycles. The fraction of sp³-hybridized carbons (Fsp3) is 0.333. The Morgan fingerprint density at radius 1 is 0.444 bits per heavy atom. The molecule has 4 unspecified atom stereocenters. The third-order valence-electron chi connectivity index (χ3n) is 6.16. The van der Waals surface area contributed by atoms with Gasteiger partial charge in [-0.05, 0) is 57.8 Å². The first-order valence-corrected chi connectivity index (χ1v) is 7.14. The molecule has 86 valence electrons. The molecule has 0 spiro atoms. The van der Waals surface area contributed by atoms with Gasteiger partial charge < -0.3 is 0 Å². The predicted molar refractivity (Wildman–Crippen MR) is 70.8 cm³/mol. The minimum atomic E-state index is 0.818. The van der Waals surface area contributed by atoms with Crippen LogP contribution in [0, 0.1) is 11.8 Å². The number of rotatable bonds is 0. The van der Waals surface area contributed by atoms with E-state index >= 15 is 0 Å². The van der Waals surface area contributed by atoms with E-state index in [4.69, 9.17) is 0 Å². The van der Waals surface area contributed by atoms with Crippen LogP contribution in [0.3, 0.4) is 0 Å². The molecule has 0 amide bonds. The van der Waals surface area contributed by atoms with Gasteiger partial charge in [0.25, 0.3) is 0 Å². The minimum Gasteiger partial charge on any atom is -0.0620 e. The van der Waals surface area contributed by atoms with Crippen LogP contribution in [0.2, 0.25) is 0 Å². The molecule has 0 radical (unpaired) electrons. The van der Waals surface area contributed by atoms with Crippen molar-refractivity contribution in [3.8, 4) is 0 Å². The quantitative estimate of drug-likeness (QED) is 0.641. The summed E-state index contributed by atoms with van der Waals surface area (Å²) in [6.45, 7) is 0. The van der Waals surface area contributed by atoms with E-state index < -0.39 is 0 Å². The Morgan fingerprint density at radius 2 is 0.833 bits per heavy atom. The molecule has 0 aromatic heterocycles. The van der Waals surface area contributed by atoms with Crippen molar-refractivity contribution in [1.29, 1.82) is 0 Å². The standard InChI is InChI=1S/C18H14/c1-4-8-12-9(5-1)13-14-10-6-2-3-7-11(10)15(13)18-16(12)17(14)18/h1-8,13-18H. The average molecular weight is 230 g/mol. The van der Waals surface area contributed by atoms with Crippen LogP contribution in [0.5, 0.6) is 0 Å². The van der Waals surface area contributed by atoms with E-state index in [0.717, 1.165) is 35.5 Å². The van der Waals surface area contributed by atoms with Crippen molar-refractivity contribution >= 4 is 0 Å². The molecule has 2 aromatic carbocycles. The summed E-state index contributed by atoms with van der Waals surface area (Å²) in [5.41, 5.74) is 6.74. The highest BCUT2D eigenvalue weighted by Gasteiger charge is 2.74. The SMILES string of the molecule is c1ccc2c(c1)C1C3c4ccccc4C1C1C2C31. The average Bonchev–Trinajstić information content (AvgIpc) is 3.00. The summed E-state index contributed by atoms with van der Waals surface area (Å²) >= 11 is 0. The molecule has 2 aromatic rings. The number of fused-ring (bicyclic) bond motifs is 1. The minimum absolute atomic E-state index is 0.818. The van der Waals surface area contributed by atoms with Gasteiger partial charge in [-0.1, -0.05) is 48.5 Å². The van der Waals surface area contributed by atoms with Gasteiger partial charge in [-0.2, -0.15) is 0 Å². The zero-order valence-electron chi connectivity index (χ0n) is 10.1. The van der Waals surface area contributed by atoms with Crippen LogP contribution < -0.4 is 0 Å². The number of benzene rings is 2. The highest BCUT2D eigenvalue weighted by atomic mass is 14.8. The molecule has 2 fully saturated rings. The summed E-state index contributed by atoms with van der Waals surface area (Å²) in [5, 5.41) is 0. The fourth-order valence-electron chi connectivity index (χ4n) is 5.83. The van der Waals surface area contributed by atoms with Gasteiger partial charge >= 0.3 is 0 Å². The molecule has 0 heterocycles. The Kier molecular flexibility index (Phi) is 1.15. The van der Waals surface area contributed by atoms with Crippen LogP contribution in [0.25, 0.3) is 0 Å². The highest BCUT2D eigenvalue weighted by Crippen LogP contribution is 2.85. The lowest BCUT2D eigenvalue weighted by Gasteiger charge is -2.31. The van der Waals surface area contributed by atoms with Crippen molar-refractivity contribution in [1.82, 2.24) is 0 Å². The summed E-state index contributed by atoms with van der Waals surface area (Å²) in [6.07, 6.45) is 0. The first-order valence-electron chi connectivity index (χ1n) is 7.14. The van der Waals surface area contributed by atoms with Crippen molar-refractivity contribution in [2.24, 2.45) is 11.8 Å². The van der Waals surface area contributed by atoms with E-state index in [1.54, 1.807) is 22.3 Å². The van der Waals surface area contributed by atoms with Gasteiger partial charge in [-0.25, -0.2) is 0 Å². The second kappa shape index (κ2) is 2.42. The van der Waals surface area contributed by atoms with Crippen LogP contribution in [0.15, 0.2) is 48.5 Å². The second-order valence-electron chi connectivity index (χ2n) is 6.52. The Hall–Kier alpha value is -1.56. The van der Waals surface area contributed by atoms with Crippen molar-refractivity contribution in [2.75, 3.05) is 0 Å². The first kappa shape index (κ1) is 8.53. The van der Waals surface area contributed by atoms with E-state index in [9.17, 15) is 0 Å². The van der Waals surface area contributed by atoms with Crippen LogP contribution in [0.4, 0.5) is 0 Å². The molecular formula is C18H14. The molecule has 7 rings (SSSR count). The third-order valence-corrected chi connectivity index (χ3v) is 6.16. The summed E-state index contributed by atoms with van der Waals surface area (Å²) in [5.74, 6) is 5.41. The second-order valence-corrected chi connectivity index (χ2v) is 6.52. The van der Waals surface area contributed by atoms with E-state index in [-0.39, 0.29) is 0 Å². The molecule has 0 saturated heterocycles. The summed E-state index contributed by atoms with van der Waals surface area (Å²) in [4.78, 5) is 0. The van der Waals surface area contributed by atoms with Gasteiger partial charge in [0.2, 0.25) is 0 Å². The Labute approximate surface area is 107 Å². The lowest BCUT2D eigenvalue weighted by Crippen LogP contribution is -2.17. The smallest absolute Gasteiger partial charge is 0.00152 e. The van der Waals surface area contributed by atoms with Crippen LogP contribution in [-0.2, 0) is 0 Å². The van der Waals surface area contributed by atoms with Gasteiger partial charge in [0.05, 0.1) is 0 Å². The molecule has 6 bridgehead atoms. The Balaban J connectivity index is 1.69. The summed E-state index contributed by atoms with van der Waals surface area (Å²) in [7, 11) is 0. The van der Waals surface area contributed by atoms with Crippen molar-refractivity contribution in [3.63, 3.8) is 0 Å². The number of hydrogen-bond donors (Lipinski definition) is 0. The molecule has 0 nitrogen and oxygen atoms in total. The lowest BCUT2D eigenvalue weighted by molar-refractivity contribution is 0.477. The predicted octanol–water partition coefficient (Wildman–Crippen LogP) is 4.01. The fourth-order valence-corrected chi connectivity index (χ4v) is 5.83. The van der Waals surface area contributed by atoms with Crippen LogP contribution >= 0.6 is 0 Å². The van der Waals surface area contributed by atoms with Gasteiger partial charge in [0, 0.05) is 0 Å². The first-order chi connectivity index (χ1) is 8.97. The molecule has 0 N–H and O–H groups in total. The monoisotopic (exact) mass is 230 g/mol. The largest absolute Gasteiger partial charge is 0.0620 e. The molecular weight excluding hydrogens is 216 g/mol. The molecule has 18 heavy (non-hydrogen) atoms. The topological polar surface area (TPSA) is 0 Å². The Bertz CT molecular complexity index is 662. The van der Waals surface area contributed by atoms with Gasteiger partial charge in [-0.15, -0.1) is 0 Å². The van der Waals surface area contributed by atoms with E-state index in [0.29, 0.717) is 0 Å². The number of hydrogen-bond acceptors (Lipinski definition) is 0. The van der Waals surface area contributed by atoms with Crippen LogP contribution in [0.1, 0.15) is 45.9 Å². The normalized spacial score (nSPS) is 43.6. The zero-order valence-corrected chi connectivity index (χ0v) is 10.1. The third kappa shape index (κ3) is 0.669. The molecule has 5 aliphatic carbocycles. The Morgan fingerprint density at radius 3 is 1.33 bits per heavy atom. The van der Waals surface area contributed by atoms with E-state index in [2.05, 4.69) is 48.5 Å². The van der Waals surface area contributed by atoms with Crippen molar-refractivity contribution < 1.29 is 0 Å². The van der Waals surface area contributed by atoms with Crippen LogP contribution in [-0.4, -0.2) is 0 Å². The highest BCUT2D eigenvalue weighted by molar-refractivity contribution is 5.62. The van der Waals surface area contributed by atoms with E-state index in [1.165, 1.54) is 0 Å². The lowest BCUT2D eigenvalue weighted by atomic mass is 9.72. The van der Waals surface area contributed by atoms with Gasteiger partial charge in [0.1, 0.15) is 0 Å². The maximum Gasteiger partial charge on any atom is -0.00152 e. The van der Waals surface area contributed by atoms with E-state index in [1.807, 2.05) is 0 Å². The molecule has 0 heteroatoms. The van der Waals surface area contributed by atoms with Gasteiger partial charge in [-0.3, -0.25) is 0 Å².